The van der Waals surface area contributed by atoms with Gasteiger partial charge in [0.05, 0.1) is 23.7 Å². The molecule has 0 saturated carbocycles. The number of nitrogens with two attached hydrogens (primary N) is 1. The Labute approximate surface area is 228 Å². The molecule has 13 nitrogen and oxygen atoms in total. The summed E-state index contributed by atoms with van der Waals surface area (Å²) in [4.78, 5) is 41.6. The van der Waals surface area contributed by atoms with Gasteiger partial charge in [0.2, 0.25) is 5.82 Å². The molecule has 40 heavy (non-hydrogen) atoms. The number of ketones is 1. The molecule has 7 heterocycles. The van der Waals surface area contributed by atoms with E-state index in [1.807, 2.05) is 30.2 Å². The Morgan fingerprint density at radius 2 is 1.85 bits per heavy atom. The van der Waals surface area contributed by atoms with Crippen molar-refractivity contribution in [3.8, 4) is 16.9 Å². The van der Waals surface area contributed by atoms with Crippen LogP contribution in [-0.4, -0.2) is 73.2 Å². The van der Waals surface area contributed by atoms with Gasteiger partial charge < -0.3 is 10.6 Å². The maximum absolute atomic E-state index is 13.1. The van der Waals surface area contributed by atoms with E-state index in [0.717, 1.165) is 29.5 Å². The molecule has 2 unspecified atom stereocenters. The van der Waals surface area contributed by atoms with Crippen molar-refractivity contribution < 1.29 is 9.59 Å². The highest BCUT2D eigenvalue weighted by atomic mass is 16.2. The fourth-order valence-electron chi connectivity index (χ4n) is 6.27. The van der Waals surface area contributed by atoms with Crippen LogP contribution in [0.3, 0.4) is 0 Å². The molecule has 2 saturated heterocycles. The number of nitrogens with one attached hydrogen (secondary N) is 1. The van der Waals surface area contributed by atoms with Gasteiger partial charge in [-0.1, -0.05) is 0 Å². The molecule has 0 radical (unpaired) electrons. The van der Waals surface area contributed by atoms with Gasteiger partial charge >= 0.3 is 0 Å². The molecule has 202 valence electrons. The van der Waals surface area contributed by atoms with E-state index in [-0.39, 0.29) is 41.3 Å². The lowest BCUT2D eigenvalue weighted by Gasteiger charge is -2.38. The first-order valence-corrected chi connectivity index (χ1v) is 13.2. The number of H-pyrrole nitrogens is 1. The number of amides is 1. The molecule has 1 amide bonds. The van der Waals surface area contributed by atoms with Crippen LogP contribution >= 0.6 is 0 Å². The minimum absolute atomic E-state index is 0.0208. The van der Waals surface area contributed by atoms with Crippen LogP contribution in [0.25, 0.3) is 22.6 Å². The third kappa shape index (κ3) is 3.76. The fraction of sp³-hybridized carbons (Fsp3) is 0.333. The molecule has 2 fully saturated rings. The van der Waals surface area contributed by atoms with Gasteiger partial charge in [-0.25, -0.2) is 19.6 Å². The third-order valence-electron chi connectivity index (χ3n) is 8.04. The van der Waals surface area contributed by atoms with Crippen molar-refractivity contribution in [2.24, 2.45) is 0 Å². The second kappa shape index (κ2) is 9.07. The highest BCUT2D eigenvalue weighted by molar-refractivity contribution is 6.00. The number of aromatic nitrogens is 9. The lowest BCUT2D eigenvalue weighted by Crippen LogP contribution is -2.46. The molecule has 2 bridgehead atoms. The zero-order chi connectivity index (χ0) is 27.5. The van der Waals surface area contributed by atoms with E-state index in [1.165, 1.54) is 17.8 Å². The summed E-state index contributed by atoms with van der Waals surface area (Å²) in [6.45, 7) is 3.48. The summed E-state index contributed by atoms with van der Waals surface area (Å²) in [5.74, 6) is 0.873. The first-order valence-electron chi connectivity index (χ1n) is 13.2. The van der Waals surface area contributed by atoms with Crippen molar-refractivity contribution >= 4 is 23.2 Å². The molecular weight excluding hydrogens is 510 g/mol. The number of fused-ring (bicyclic) bond motifs is 3. The summed E-state index contributed by atoms with van der Waals surface area (Å²) in [5.41, 5.74) is 10.8. The van der Waals surface area contributed by atoms with Crippen molar-refractivity contribution in [2.75, 3.05) is 5.73 Å². The minimum Gasteiger partial charge on any atom is -0.383 e. The second-order valence-electron chi connectivity index (χ2n) is 10.6. The number of carbonyl (C=O) groups is 2. The number of nitrogen functional groups attached to an aromatic ring is 1. The summed E-state index contributed by atoms with van der Waals surface area (Å²) in [7, 11) is 0. The lowest BCUT2D eigenvalue weighted by atomic mass is 9.85. The standard InChI is InChI=1S/C27H27N11O2/c1-14-9-32-36(12-14)21-6-3-16(10-29-21)20-11-33-38-24(28)22(15(2)39)23(34-26(20)38)17-7-18-4-5-19(8-17)37(18)27(40)25-30-13-31-35-25/h3,6,9-13,17-19H,4-5,7-8,28H2,1-2H3,(H,30,31,35). The van der Waals surface area contributed by atoms with Crippen LogP contribution in [0, 0.1) is 6.92 Å². The number of piperidine rings is 1. The third-order valence-corrected chi connectivity index (χ3v) is 8.04. The Kier molecular flexibility index (Phi) is 5.47. The minimum atomic E-state index is -0.160. The quantitative estimate of drug-likeness (QED) is 0.321. The van der Waals surface area contributed by atoms with E-state index in [9.17, 15) is 9.59 Å². The molecule has 2 aliphatic heterocycles. The van der Waals surface area contributed by atoms with Gasteiger partial charge in [-0.05, 0) is 57.2 Å². The molecule has 2 atom stereocenters. The predicted molar refractivity (Wildman–Crippen MR) is 144 cm³/mol. The average Bonchev–Trinajstić information content (AvgIpc) is 3.75. The van der Waals surface area contributed by atoms with Crippen LogP contribution in [0.4, 0.5) is 5.82 Å². The van der Waals surface area contributed by atoms with Crippen LogP contribution in [0.1, 0.15) is 70.8 Å². The van der Waals surface area contributed by atoms with Crippen LogP contribution in [0.5, 0.6) is 0 Å². The Bertz CT molecular complexity index is 1740. The summed E-state index contributed by atoms with van der Waals surface area (Å²) in [5, 5.41) is 15.3. The highest BCUT2D eigenvalue weighted by Gasteiger charge is 2.45. The summed E-state index contributed by atoms with van der Waals surface area (Å²) in [6, 6.07) is 3.87. The summed E-state index contributed by atoms with van der Waals surface area (Å²) >= 11 is 0. The molecule has 5 aromatic rings. The van der Waals surface area contributed by atoms with E-state index in [4.69, 9.17) is 10.7 Å². The normalized spacial score (nSPS) is 20.4. The molecule has 0 aliphatic carbocycles. The Balaban J connectivity index is 1.26. The number of rotatable bonds is 5. The number of Topliss-reactive ketones (excluding diaryl/α,β-unsaturated/α-hetero) is 1. The number of hydrogen-bond donors (Lipinski definition) is 2. The number of nitrogens with zero attached hydrogens (tertiary/aromatic N) is 9. The smallest absolute Gasteiger partial charge is 0.291 e. The zero-order valence-corrected chi connectivity index (χ0v) is 22.0. The average molecular weight is 538 g/mol. The topological polar surface area (TPSA) is 166 Å². The highest BCUT2D eigenvalue weighted by Crippen LogP contribution is 2.45. The molecule has 13 heteroatoms. The van der Waals surface area contributed by atoms with Gasteiger partial charge in [0.25, 0.3) is 5.91 Å². The number of carbonyl (C=O) groups excluding carboxylic acids is 2. The number of aryl methyl sites for hydroxylation is 1. The maximum atomic E-state index is 13.1. The maximum Gasteiger partial charge on any atom is 0.291 e. The van der Waals surface area contributed by atoms with Crippen LogP contribution in [-0.2, 0) is 0 Å². The largest absolute Gasteiger partial charge is 0.383 e. The van der Waals surface area contributed by atoms with Gasteiger partial charge in [0.15, 0.2) is 17.2 Å². The Morgan fingerprint density at radius 3 is 2.48 bits per heavy atom. The molecule has 7 rings (SSSR count). The molecular formula is C27H27N11O2. The van der Waals surface area contributed by atoms with Gasteiger partial charge in [0, 0.05) is 41.5 Å². The first kappa shape index (κ1) is 24.1. The van der Waals surface area contributed by atoms with E-state index in [0.29, 0.717) is 35.6 Å². The van der Waals surface area contributed by atoms with Crippen LogP contribution < -0.4 is 5.73 Å². The van der Waals surface area contributed by atoms with E-state index < -0.39 is 0 Å². The van der Waals surface area contributed by atoms with Crippen LogP contribution in [0.2, 0.25) is 0 Å². The van der Waals surface area contributed by atoms with E-state index >= 15 is 0 Å². The van der Waals surface area contributed by atoms with Crippen molar-refractivity contribution in [3.63, 3.8) is 0 Å². The number of aromatic amines is 1. The van der Waals surface area contributed by atoms with Crippen molar-refractivity contribution in [2.45, 2.75) is 57.5 Å². The van der Waals surface area contributed by atoms with Crippen molar-refractivity contribution in [1.29, 1.82) is 0 Å². The number of pyridine rings is 1. The van der Waals surface area contributed by atoms with Crippen LogP contribution in [0.15, 0.2) is 43.2 Å². The monoisotopic (exact) mass is 537 g/mol. The SMILES string of the molecule is CC(=O)c1c(C2CC3CCC(C2)N3C(=O)c2ncn[nH]2)nc2c(-c3ccc(-n4cc(C)cn4)nc3)cnn2c1N. The van der Waals surface area contributed by atoms with Crippen molar-refractivity contribution in [3.05, 3.63) is 65.9 Å². The van der Waals surface area contributed by atoms with Gasteiger partial charge in [-0.3, -0.25) is 14.7 Å². The van der Waals surface area contributed by atoms with Gasteiger partial charge in [-0.15, -0.1) is 0 Å². The molecule has 0 spiro atoms. The lowest BCUT2D eigenvalue weighted by molar-refractivity contribution is 0.0556. The number of hydrogen-bond acceptors (Lipinski definition) is 9. The molecule has 3 N–H and O–H groups in total. The molecule has 0 aromatic carbocycles. The van der Waals surface area contributed by atoms with E-state index in [1.54, 1.807) is 23.3 Å². The van der Waals surface area contributed by atoms with Crippen molar-refractivity contribution in [1.82, 2.24) is 49.4 Å². The van der Waals surface area contributed by atoms with Gasteiger partial charge in [-0.2, -0.15) is 19.8 Å². The predicted octanol–water partition coefficient (Wildman–Crippen LogP) is 2.74. The molecule has 5 aromatic heterocycles. The summed E-state index contributed by atoms with van der Waals surface area (Å²) < 4.78 is 3.24. The zero-order valence-electron chi connectivity index (χ0n) is 22.0. The first-order chi connectivity index (χ1) is 19.4. The molecule has 2 aliphatic rings. The van der Waals surface area contributed by atoms with E-state index in [2.05, 4.69) is 30.4 Å². The Morgan fingerprint density at radius 1 is 1.05 bits per heavy atom. The Hall–Kier alpha value is -4.94. The number of anilines is 1. The fourth-order valence-corrected chi connectivity index (χ4v) is 6.27. The van der Waals surface area contributed by atoms with Gasteiger partial charge in [0.1, 0.15) is 12.1 Å². The second-order valence-corrected chi connectivity index (χ2v) is 10.6. The summed E-state index contributed by atoms with van der Waals surface area (Å²) in [6.07, 6.45) is 11.6.